The summed E-state index contributed by atoms with van der Waals surface area (Å²) in [6, 6.07) is 4.05. The minimum Gasteiger partial charge on any atom is -0.466 e. The third-order valence-corrected chi connectivity index (χ3v) is 3.36. The van der Waals surface area contributed by atoms with Crippen molar-refractivity contribution in [2.45, 2.75) is 19.7 Å². The molecule has 8 heteroatoms. The molecule has 20 heavy (non-hydrogen) atoms. The maximum Gasteiger partial charge on any atom is 0.573 e. The molecule has 0 bridgehead atoms. The maximum atomic E-state index is 12.2. The second-order valence-electron chi connectivity index (χ2n) is 3.55. The number of ether oxygens (including phenoxy) is 2. The molecular weight excluding hydrogens is 390 g/mol. The number of rotatable bonds is 4. The van der Waals surface area contributed by atoms with Crippen LogP contribution >= 0.6 is 22.6 Å². The van der Waals surface area contributed by atoms with Gasteiger partial charge in [0.25, 0.3) is 0 Å². The van der Waals surface area contributed by atoms with E-state index in [4.69, 9.17) is 10.00 Å². The highest BCUT2D eigenvalue weighted by molar-refractivity contribution is 14.1. The normalized spacial score (nSPS) is 10.8. The van der Waals surface area contributed by atoms with Crippen LogP contribution in [0.3, 0.4) is 0 Å². The number of nitrogens with zero attached hydrogens (tertiary/aromatic N) is 1. The smallest absolute Gasteiger partial charge is 0.466 e. The van der Waals surface area contributed by atoms with E-state index in [0.717, 1.165) is 6.07 Å². The lowest BCUT2D eigenvalue weighted by Gasteiger charge is -2.14. The number of benzene rings is 1. The second kappa shape index (κ2) is 6.78. The minimum absolute atomic E-state index is 0.0621. The third kappa shape index (κ3) is 4.56. The summed E-state index contributed by atoms with van der Waals surface area (Å²) in [6.45, 7) is 1.76. The van der Waals surface area contributed by atoms with Gasteiger partial charge < -0.3 is 9.47 Å². The Kier molecular flexibility index (Phi) is 5.62. The molecular formula is C12H9F3INO3. The fourth-order valence-corrected chi connectivity index (χ4v) is 2.21. The first-order valence-corrected chi connectivity index (χ1v) is 6.49. The minimum atomic E-state index is -4.84. The molecule has 1 rings (SSSR count). The summed E-state index contributed by atoms with van der Waals surface area (Å²) in [6.07, 6.45) is -5.13. The summed E-state index contributed by atoms with van der Waals surface area (Å²) in [5, 5.41) is 8.94. The summed E-state index contributed by atoms with van der Waals surface area (Å²) in [4.78, 5) is 11.4. The van der Waals surface area contributed by atoms with E-state index in [1.165, 1.54) is 6.07 Å². The Bertz CT molecular complexity index is 552. The van der Waals surface area contributed by atoms with Gasteiger partial charge in [0.15, 0.2) is 0 Å². The molecule has 1 aromatic carbocycles. The van der Waals surface area contributed by atoms with E-state index in [-0.39, 0.29) is 27.7 Å². The molecule has 0 aliphatic heterocycles. The van der Waals surface area contributed by atoms with Gasteiger partial charge in [-0.3, -0.25) is 4.79 Å². The molecule has 0 aliphatic rings. The van der Waals surface area contributed by atoms with Crippen LogP contribution in [0.5, 0.6) is 5.75 Å². The number of esters is 1. The first-order valence-electron chi connectivity index (χ1n) is 5.41. The number of nitriles is 1. The third-order valence-electron chi connectivity index (χ3n) is 2.18. The standard InChI is InChI=1S/C12H9F3INO3/c1-2-19-10(18)5-8-7(6-17)3-4-9(11(8)16)20-12(13,14)15/h3-4H,2,5H2,1H3. The van der Waals surface area contributed by atoms with Gasteiger partial charge in [-0.15, -0.1) is 13.2 Å². The number of carbonyl (C=O) groups is 1. The zero-order valence-electron chi connectivity index (χ0n) is 10.3. The molecule has 0 aromatic heterocycles. The zero-order valence-corrected chi connectivity index (χ0v) is 12.4. The van der Waals surface area contributed by atoms with Crippen LogP contribution in [0.2, 0.25) is 0 Å². The van der Waals surface area contributed by atoms with E-state index in [0.29, 0.717) is 0 Å². The van der Waals surface area contributed by atoms with Crippen molar-refractivity contribution in [3.05, 3.63) is 26.8 Å². The van der Waals surface area contributed by atoms with Crippen LogP contribution in [0.1, 0.15) is 18.1 Å². The van der Waals surface area contributed by atoms with Gasteiger partial charge in [0.1, 0.15) is 5.75 Å². The van der Waals surface area contributed by atoms with Gasteiger partial charge in [-0.25, -0.2) is 0 Å². The van der Waals surface area contributed by atoms with E-state index in [1.54, 1.807) is 29.5 Å². The lowest BCUT2D eigenvalue weighted by atomic mass is 10.1. The molecule has 4 nitrogen and oxygen atoms in total. The molecule has 0 saturated carbocycles. The van der Waals surface area contributed by atoms with Crippen molar-refractivity contribution in [2.75, 3.05) is 6.61 Å². The Labute approximate surface area is 126 Å². The van der Waals surface area contributed by atoms with Crippen LogP contribution in [0.4, 0.5) is 13.2 Å². The molecule has 108 valence electrons. The molecule has 0 unspecified atom stereocenters. The van der Waals surface area contributed by atoms with Crippen LogP contribution in [0, 0.1) is 14.9 Å². The Morgan fingerprint density at radius 2 is 2.10 bits per heavy atom. The number of hydrogen-bond donors (Lipinski definition) is 0. The molecule has 1 aromatic rings. The highest BCUT2D eigenvalue weighted by Gasteiger charge is 2.32. The van der Waals surface area contributed by atoms with Crippen molar-refractivity contribution in [3.8, 4) is 11.8 Å². The van der Waals surface area contributed by atoms with E-state index in [9.17, 15) is 18.0 Å². The van der Waals surface area contributed by atoms with E-state index in [2.05, 4.69) is 4.74 Å². The van der Waals surface area contributed by atoms with Crippen molar-refractivity contribution < 1.29 is 27.4 Å². The first-order chi connectivity index (χ1) is 9.28. The lowest BCUT2D eigenvalue weighted by molar-refractivity contribution is -0.275. The average molecular weight is 399 g/mol. The van der Waals surface area contributed by atoms with Gasteiger partial charge in [0, 0.05) is 0 Å². The van der Waals surface area contributed by atoms with Gasteiger partial charge in [-0.05, 0) is 47.2 Å². The first kappa shape index (κ1) is 16.6. The molecule has 0 spiro atoms. The fourth-order valence-electron chi connectivity index (χ4n) is 1.44. The Balaban J connectivity index is 3.16. The van der Waals surface area contributed by atoms with Crippen LogP contribution in [-0.2, 0) is 16.0 Å². The summed E-state index contributed by atoms with van der Waals surface area (Å²) in [5.41, 5.74) is 0.269. The predicted molar refractivity (Wildman–Crippen MR) is 70.9 cm³/mol. The quantitative estimate of drug-likeness (QED) is 0.577. The second-order valence-corrected chi connectivity index (χ2v) is 4.62. The molecule has 0 aliphatic carbocycles. The molecule has 0 fully saturated rings. The van der Waals surface area contributed by atoms with E-state index in [1.807, 2.05) is 6.07 Å². The highest BCUT2D eigenvalue weighted by Crippen LogP contribution is 2.32. The van der Waals surface area contributed by atoms with Gasteiger partial charge >= 0.3 is 12.3 Å². The number of alkyl halides is 3. The van der Waals surface area contributed by atoms with Gasteiger partial charge in [-0.2, -0.15) is 5.26 Å². The maximum absolute atomic E-state index is 12.2. The molecule has 0 amide bonds. The molecule has 0 radical (unpaired) electrons. The van der Waals surface area contributed by atoms with Gasteiger partial charge in [-0.1, -0.05) is 0 Å². The highest BCUT2D eigenvalue weighted by atomic mass is 127. The molecule has 0 atom stereocenters. The predicted octanol–water partition coefficient (Wildman–Crippen LogP) is 3.17. The number of hydrogen-bond acceptors (Lipinski definition) is 4. The van der Waals surface area contributed by atoms with Crippen LogP contribution in [0.25, 0.3) is 0 Å². The Hall–Kier alpha value is -1.50. The van der Waals surface area contributed by atoms with E-state index >= 15 is 0 Å². The van der Waals surface area contributed by atoms with Gasteiger partial charge in [0.2, 0.25) is 0 Å². The molecule has 0 saturated heterocycles. The summed E-state index contributed by atoms with van der Waals surface area (Å²) < 4.78 is 45.3. The number of carbonyl (C=O) groups excluding carboxylic acids is 1. The van der Waals surface area contributed by atoms with Crippen molar-refractivity contribution in [2.24, 2.45) is 0 Å². The number of halogens is 4. The lowest BCUT2D eigenvalue weighted by Crippen LogP contribution is -2.19. The molecule has 0 heterocycles. The topological polar surface area (TPSA) is 59.3 Å². The Morgan fingerprint density at radius 1 is 1.45 bits per heavy atom. The fraction of sp³-hybridized carbons (Fsp3) is 0.333. The van der Waals surface area contributed by atoms with Crippen molar-refractivity contribution in [3.63, 3.8) is 0 Å². The monoisotopic (exact) mass is 399 g/mol. The SMILES string of the molecule is CCOC(=O)Cc1c(C#N)ccc(OC(F)(F)F)c1I. The zero-order chi connectivity index (χ0) is 15.3. The Morgan fingerprint density at radius 3 is 2.60 bits per heavy atom. The van der Waals surface area contributed by atoms with Crippen molar-refractivity contribution in [1.82, 2.24) is 0 Å². The average Bonchev–Trinajstić information content (AvgIpc) is 2.33. The van der Waals surface area contributed by atoms with Crippen LogP contribution in [-0.4, -0.2) is 18.9 Å². The van der Waals surface area contributed by atoms with Gasteiger partial charge in [0.05, 0.1) is 28.2 Å². The van der Waals surface area contributed by atoms with Crippen LogP contribution < -0.4 is 4.74 Å². The molecule has 0 N–H and O–H groups in total. The largest absolute Gasteiger partial charge is 0.573 e. The van der Waals surface area contributed by atoms with Crippen molar-refractivity contribution in [1.29, 1.82) is 5.26 Å². The van der Waals surface area contributed by atoms with Crippen LogP contribution in [0.15, 0.2) is 12.1 Å². The van der Waals surface area contributed by atoms with Crippen molar-refractivity contribution >= 4 is 28.6 Å². The summed E-state index contributed by atoms with van der Waals surface area (Å²) in [7, 11) is 0. The summed E-state index contributed by atoms with van der Waals surface area (Å²) >= 11 is 1.61. The summed E-state index contributed by atoms with van der Waals surface area (Å²) in [5.74, 6) is -1.07. The van der Waals surface area contributed by atoms with E-state index < -0.39 is 18.1 Å².